The molecular weight excluding hydrogens is 242 g/mol. The third-order valence-electron chi connectivity index (χ3n) is 3.10. The van der Waals surface area contributed by atoms with Crippen molar-refractivity contribution in [2.24, 2.45) is 0 Å². The zero-order chi connectivity index (χ0) is 14.0. The van der Waals surface area contributed by atoms with Crippen LogP contribution in [0.1, 0.15) is 32.3 Å². The first-order valence-corrected chi connectivity index (χ1v) is 6.40. The van der Waals surface area contributed by atoms with Gasteiger partial charge < -0.3 is 10.5 Å². The summed E-state index contributed by atoms with van der Waals surface area (Å²) in [5.41, 5.74) is 0.381. The van der Waals surface area contributed by atoms with Gasteiger partial charge in [0.1, 0.15) is 17.0 Å². The van der Waals surface area contributed by atoms with Crippen LogP contribution in [0.15, 0.2) is 23.1 Å². The largest absolute Gasteiger partial charge is 0.506 e. The second kappa shape index (κ2) is 5.22. The van der Waals surface area contributed by atoms with Gasteiger partial charge in [-0.05, 0) is 25.0 Å². The Morgan fingerprint density at radius 2 is 2.21 bits per heavy atom. The van der Waals surface area contributed by atoms with Gasteiger partial charge in [-0.3, -0.25) is 9.36 Å². The second-order valence-corrected chi connectivity index (χ2v) is 4.39. The number of nitrogens with one attached hydrogen (secondary N) is 1. The summed E-state index contributed by atoms with van der Waals surface area (Å²) in [7, 11) is 0. The number of pyridine rings is 2. The van der Waals surface area contributed by atoms with Crippen molar-refractivity contribution < 1.29 is 5.11 Å². The van der Waals surface area contributed by atoms with Gasteiger partial charge in [0.25, 0.3) is 5.56 Å². The molecule has 0 spiro atoms. The molecule has 2 aromatic heterocycles. The Hall–Kier alpha value is -2.17. The monoisotopic (exact) mass is 259 g/mol. The van der Waals surface area contributed by atoms with Gasteiger partial charge >= 0.3 is 0 Å². The SMILES string of the molecule is CCCn1c(=O)c(C(=N)CC)c(O)c2cccnc21. The molecule has 0 bridgehead atoms. The molecule has 0 saturated heterocycles. The van der Waals surface area contributed by atoms with Crippen molar-refractivity contribution in [2.45, 2.75) is 33.2 Å². The van der Waals surface area contributed by atoms with Gasteiger partial charge in [0.2, 0.25) is 0 Å². The quantitative estimate of drug-likeness (QED) is 0.827. The average molecular weight is 259 g/mol. The van der Waals surface area contributed by atoms with E-state index >= 15 is 0 Å². The first kappa shape index (κ1) is 13.3. The van der Waals surface area contributed by atoms with Crippen molar-refractivity contribution in [3.63, 3.8) is 0 Å². The molecule has 100 valence electrons. The van der Waals surface area contributed by atoms with Crippen molar-refractivity contribution in [3.05, 3.63) is 34.2 Å². The molecule has 0 saturated carbocycles. The maximum absolute atomic E-state index is 12.4. The van der Waals surface area contributed by atoms with Gasteiger partial charge in [-0.2, -0.15) is 0 Å². The van der Waals surface area contributed by atoms with Crippen molar-refractivity contribution in [2.75, 3.05) is 0 Å². The molecule has 0 aliphatic heterocycles. The fourth-order valence-corrected chi connectivity index (χ4v) is 2.14. The van der Waals surface area contributed by atoms with Crippen molar-refractivity contribution in [3.8, 4) is 5.75 Å². The zero-order valence-corrected chi connectivity index (χ0v) is 11.1. The summed E-state index contributed by atoms with van der Waals surface area (Å²) in [6, 6.07) is 3.43. The fourth-order valence-electron chi connectivity index (χ4n) is 2.14. The number of nitrogens with zero attached hydrogens (tertiary/aromatic N) is 2. The summed E-state index contributed by atoms with van der Waals surface area (Å²) >= 11 is 0. The van der Waals surface area contributed by atoms with E-state index in [1.54, 1.807) is 25.3 Å². The molecule has 0 amide bonds. The Kier molecular flexibility index (Phi) is 3.64. The maximum atomic E-state index is 12.4. The molecule has 2 rings (SSSR count). The van der Waals surface area contributed by atoms with Crippen LogP contribution in [0.3, 0.4) is 0 Å². The van der Waals surface area contributed by atoms with Crippen LogP contribution in [0.5, 0.6) is 5.75 Å². The van der Waals surface area contributed by atoms with Crippen LogP contribution in [-0.4, -0.2) is 20.4 Å². The van der Waals surface area contributed by atoms with Gasteiger partial charge in [-0.1, -0.05) is 13.8 Å². The predicted octanol–water partition coefficient (Wildman–Crippen LogP) is 2.29. The number of rotatable bonds is 4. The van der Waals surface area contributed by atoms with Crippen LogP contribution in [0.25, 0.3) is 11.0 Å². The lowest BCUT2D eigenvalue weighted by Gasteiger charge is -2.13. The molecule has 0 unspecified atom stereocenters. The first-order valence-electron chi connectivity index (χ1n) is 6.40. The Bertz CT molecular complexity index is 689. The summed E-state index contributed by atoms with van der Waals surface area (Å²) in [5.74, 6) is -0.132. The molecule has 2 aromatic rings. The van der Waals surface area contributed by atoms with E-state index < -0.39 is 0 Å². The van der Waals surface area contributed by atoms with Gasteiger partial charge in [0.15, 0.2) is 0 Å². The number of fused-ring (bicyclic) bond motifs is 1. The lowest BCUT2D eigenvalue weighted by molar-refractivity contribution is 0.476. The van der Waals surface area contributed by atoms with Gasteiger partial charge in [0, 0.05) is 18.5 Å². The topological polar surface area (TPSA) is 79.0 Å². The first-order chi connectivity index (χ1) is 9.11. The zero-order valence-electron chi connectivity index (χ0n) is 11.1. The summed E-state index contributed by atoms with van der Waals surface area (Å²) in [5, 5.41) is 18.6. The molecule has 0 aliphatic carbocycles. The van der Waals surface area contributed by atoms with Crippen LogP contribution in [0.2, 0.25) is 0 Å². The van der Waals surface area contributed by atoms with Gasteiger partial charge in [-0.15, -0.1) is 0 Å². The number of aromatic nitrogens is 2. The second-order valence-electron chi connectivity index (χ2n) is 4.39. The smallest absolute Gasteiger partial charge is 0.265 e. The highest BCUT2D eigenvalue weighted by Gasteiger charge is 2.18. The van der Waals surface area contributed by atoms with Gasteiger partial charge in [0.05, 0.1) is 5.39 Å². The number of hydrogen-bond acceptors (Lipinski definition) is 4. The Morgan fingerprint density at radius 3 is 2.84 bits per heavy atom. The predicted molar refractivity (Wildman–Crippen MR) is 75.1 cm³/mol. The van der Waals surface area contributed by atoms with Crippen LogP contribution in [-0.2, 0) is 6.54 Å². The molecule has 2 N–H and O–H groups in total. The third-order valence-corrected chi connectivity index (χ3v) is 3.10. The summed E-state index contributed by atoms with van der Waals surface area (Å²) in [4.78, 5) is 16.6. The molecule has 19 heavy (non-hydrogen) atoms. The third kappa shape index (κ3) is 2.12. The van der Waals surface area contributed by atoms with Crippen molar-refractivity contribution >= 4 is 16.7 Å². The molecule has 0 aliphatic rings. The number of aryl methyl sites for hydroxylation is 1. The summed E-state index contributed by atoms with van der Waals surface area (Å²) in [6.45, 7) is 4.29. The highest BCUT2D eigenvalue weighted by Crippen LogP contribution is 2.25. The van der Waals surface area contributed by atoms with E-state index in [4.69, 9.17) is 5.41 Å². The summed E-state index contributed by atoms with van der Waals surface area (Å²) < 4.78 is 1.54. The minimum Gasteiger partial charge on any atom is -0.506 e. The molecule has 0 fully saturated rings. The molecule has 0 atom stereocenters. The fraction of sp³-hybridized carbons (Fsp3) is 0.357. The van der Waals surface area contributed by atoms with E-state index in [1.165, 1.54) is 4.57 Å². The van der Waals surface area contributed by atoms with Crippen molar-refractivity contribution in [1.29, 1.82) is 5.41 Å². The standard InChI is InChI=1S/C14H17N3O2/c1-3-8-17-13-9(6-5-7-16-13)12(18)11(14(17)19)10(15)4-2/h5-7,15,18H,3-4,8H2,1-2H3. The Labute approximate surface area is 111 Å². The molecule has 2 heterocycles. The Morgan fingerprint density at radius 1 is 1.47 bits per heavy atom. The average Bonchev–Trinajstić information content (AvgIpc) is 2.43. The number of hydrogen-bond donors (Lipinski definition) is 2. The highest BCUT2D eigenvalue weighted by molar-refractivity contribution is 6.04. The molecular formula is C14H17N3O2. The molecule has 0 aromatic carbocycles. The van der Waals surface area contributed by atoms with E-state index in [2.05, 4.69) is 4.98 Å². The van der Waals surface area contributed by atoms with E-state index in [-0.39, 0.29) is 22.6 Å². The van der Waals surface area contributed by atoms with E-state index in [9.17, 15) is 9.90 Å². The van der Waals surface area contributed by atoms with Crippen LogP contribution in [0, 0.1) is 5.41 Å². The minimum atomic E-state index is -0.336. The lowest BCUT2D eigenvalue weighted by atomic mass is 10.1. The van der Waals surface area contributed by atoms with Crippen LogP contribution >= 0.6 is 0 Å². The van der Waals surface area contributed by atoms with Crippen molar-refractivity contribution in [1.82, 2.24) is 9.55 Å². The molecule has 0 radical (unpaired) electrons. The van der Waals surface area contributed by atoms with Gasteiger partial charge in [-0.25, -0.2) is 4.98 Å². The summed E-state index contributed by atoms with van der Waals surface area (Å²) in [6.07, 6.45) is 2.79. The highest BCUT2D eigenvalue weighted by atomic mass is 16.3. The lowest BCUT2D eigenvalue weighted by Crippen LogP contribution is -2.27. The van der Waals surface area contributed by atoms with E-state index in [0.29, 0.717) is 24.0 Å². The Balaban J connectivity index is 2.91. The molecule has 5 heteroatoms. The normalized spacial score (nSPS) is 10.8. The maximum Gasteiger partial charge on any atom is 0.265 e. The van der Waals surface area contributed by atoms with E-state index in [0.717, 1.165) is 6.42 Å². The number of aromatic hydroxyl groups is 1. The van der Waals surface area contributed by atoms with E-state index in [1.807, 2.05) is 6.92 Å². The minimum absolute atomic E-state index is 0.0939. The van der Waals surface area contributed by atoms with Crippen LogP contribution < -0.4 is 5.56 Å². The van der Waals surface area contributed by atoms with Crippen LogP contribution in [0.4, 0.5) is 0 Å². The molecule has 5 nitrogen and oxygen atoms in total.